The lowest BCUT2D eigenvalue weighted by atomic mass is 10.1. The van der Waals surface area contributed by atoms with Gasteiger partial charge in [-0.2, -0.15) is 17.9 Å². The number of rotatable bonds is 6. The fourth-order valence-corrected chi connectivity index (χ4v) is 3.48. The van der Waals surface area contributed by atoms with Gasteiger partial charge in [0.2, 0.25) is 10.0 Å². The molecule has 0 amide bonds. The highest BCUT2D eigenvalue weighted by atomic mass is 35.5. The molecule has 0 heterocycles. The first kappa shape index (κ1) is 21.2. The van der Waals surface area contributed by atoms with Crippen LogP contribution >= 0.6 is 11.6 Å². The van der Waals surface area contributed by atoms with Gasteiger partial charge in [-0.25, -0.2) is 8.42 Å². The number of ether oxygens (including phenoxy) is 1. The lowest BCUT2D eigenvalue weighted by Crippen LogP contribution is -2.39. The molecular weight excluding hydrogens is 407 g/mol. The molecule has 10 heteroatoms. The summed E-state index contributed by atoms with van der Waals surface area (Å²) in [7, 11) is -4.03. The predicted molar refractivity (Wildman–Crippen MR) is 92.5 cm³/mol. The molecule has 0 aliphatic heterocycles. The zero-order chi connectivity index (χ0) is 20.2. The average molecular weight is 422 g/mol. The van der Waals surface area contributed by atoms with Crippen molar-refractivity contribution in [1.29, 1.82) is 0 Å². The van der Waals surface area contributed by atoms with Crippen LogP contribution in [0, 0.1) is 0 Å². The molecule has 146 valence electrons. The summed E-state index contributed by atoms with van der Waals surface area (Å²) in [5.41, 5.74) is -1.15. The van der Waals surface area contributed by atoms with E-state index in [-0.39, 0.29) is 10.5 Å². The molecule has 2 rings (SSSR count). The highest BCUT2D eigenvalue weighted by Gasteiger charge is 2.33. The van der Waals surface area contributed by atoms with Crippen LogP contribution in [0.15, 0.2) is 53.4 Å². The van der Waals surface area contributed by atoms with Crippen LogP contribution < -0.4 is 4.72 Å². The minimum Gasteiger partial charge on any atom is -0.460 e. The second-order valence-electron chi connectivity index (χ2n) is 5.56. The van der Waals surface area contributed by atoms with E-state index in [2.05, 4.69) is 4.72 Å². The van der Waals surface area contributed by atoms with Crippen molar-refractivity contribution >= 4 is 27.6 Å². The summed E-state index contributed by atoms with van der Waals surface area (Å²) in [5.74, 6) is -1.01. The summed E-state index contributed by atoms with van der Waals surface area (Å²) < 4.78 is 70.1. The number of alkyl halides is 3. The second-order valence-corrected chi connectivity index (χ2v) is 7.71. The number of hydrogen-bond donors (Lipinski definition) is 1. The van der Waals surface area contributed by atoms with Crippen LogP contribution in [-0.4, -0.2) is 20.4 Å². The molecule has 0 aromatic heterocycles. The highest BCUT2D eigenvalue weighted by molar-refractivity contribution is 7.89. The third-order valence-electron chi connectivity index (χ3n) is 3.50. The van der Waals surface area contributed by atoms with E-state index >= 15 is 0 Å². The lowest BCUT2D eigenvalue weighted by Gasteiger charge is -2.16. The van der Waals surface area contributed by atoms with Crippen molar-refractivity contribution < 1.29 is 31.1 Å². The van der Waals surface area contributed by atoms with E-state index in [9.17, 15) is 26.4 Å². The number of hydrogen-bond acceptors (Lipinski definition) is 4. The fourth-order valence-electron chi connectivity index (χ4n) is 2.16. The summed E-state index contributed by atoms with van der Waals surface area (Å²) >= 11 is 5.69. The van der Waals surface area contributed by atoms with E-state index in [1.165, 1.54) is 49.4 Å². The maximum absolute atomic E-state index is 12.9. The molecule has 0 saturated carbocycles. The second kappa shape index (κ2) is 8.28. The maximum atomic E-state index is 12.9. The Morgan fingerprint density at radius 1 is 1.15 bits per heavy atom. The van der Waals surface area contributed by atoms with Crippen molar-refractivity contribution in [3.05, 3.63) is 64.7 Å². The SMILES string of the molecule is C[C@H](NS(=O)(=O)c1ccc(Cl)cc1)C(=O)OCc1ccccc1C(F)(F)F. The molecule has 0 bridgehead atoms. The Bertz CT molecular complexity index is 915. The van der Waals surface area contributed by atoms with Gasteiger partial charge >= 0.3 is 12.1 Å². The van der Waals surface area contributed by atoms with E-state index in [1.807, 2.05) is 0 Å². The van der Waals surface area contributed by atoms with Crippen LogP contribution in [0.25, 0.3) is 0 Å². The predicted octanol–water partition coefficient (Wildman–Crippen LogP) is 3.77. The zero-order valence-electron chi connectivity index (χ0n) is 14.0. The van der Waals surface area contributed by atoms with Crippen LogP contribution in [0.1, 0.15) is 18.1 Å². The van der Waals surface area contributed by atoms with Gasteiger partial charge in [0, 0.05) is 10.6 Å². The van der Waals surface area contributed by atoms with E-state index in [0.29, 0.717) is 5.02 Å². The highest BCUT2D eigenvalue weighted by Crippen LogP contribution is 2.32. The van der Waals surface area contributed by atoms with Gasteiger partial charge in [-0.15, -0.1) is 0 Å². The molecule has 0 radical (unpaired) electrons. The molecule has 5 nitrogen and oxygen atoms in total. The number of carbonyl (C=O) groups is 1. The van der Waals surface area contributed by atoms with Crippen molar-refractivity contribution in [3.63, 3.8) is 0 Å². The van der Waals surface area contributed by atoms with Crippen LogP contribution in [-0.2, 0) is 32.3 Å². The number of carbonyl (C=O) groups excluding carboxylic acids is 1. The molecule has 0 saturated heterocycles. The van der Waals surface area contributed by atoms with Gasteiger partial charge in [-0.3, -0.25) is 4.79 Å². The number of halogens is 4. The minimum absolute atomic E-state index is 0.117. The summed E-state index contributed by atoms with van der Waals surface area (Å²) in [4.78, 5) is 11.9. The molecule has 0 unspecified atom stereocenters. The van der Waals surface area contributed by atoms with Crippen molar-refractivity contribution in [1.82, 2.24) is 4.72 Å². The third kappa shape index (κ3) is 5.69. The van der Waals surface area contributed by atoms with Crippen molar-refractivity contribution in [2.75, 3.05) is 0 Å². The molecular formula is C17H15ClF3NO4S. The van der Waals surface area contributed by atoms with Gasteiger partial charge in [0.25, 0.3) is 0 Å². The largest absolute Gasteiger partial charge is 0.460 e. The Kier molecular flexibility index (Phi) is 6.50. The van der Waals surface area contributed by atoms with E-state index in [1.54, 1.807) is 0 Å². The summed E-state index contributed by atoms with van der Waals surface area (Å²) in [6, 6.07) is 8.59. The van der Waals surface area contributed by atoms with Crippen LogP contribution in [0.3, 0.4) is 0 Å². The Balaban J connectivity index is 2.04. The van der Waals surface area contributed by atoms with Gasteiger partial charge < -0.3 is 4.74 Å². The Morgan fingerprint density at radius 2 is 1.74 bits per heavy atom. The summed E-state index contributed by atoms with van der Waals surface area (Å²) in [6.45, 7) is 0.590. The first-order valence-corrected chi connectivity index (χ1v) is 9.46. The van der Waals surface area contributed by atoms with E-state index < -0.39 is 40.4 Å². The normalized spacial score (nSPS) is 13.2. The standard InChI is InChI=1S/C17H15ClF3NO4S/c1-11(22-27(24,25)14-8-6-13(18)7-9-14)16(23)26-10-12-4-2-3-5-15(12)17(19,20)21/h2-9,11,22H,10H2,1H3/t11-/m0/s1. The number of esters is 1. The van der Waals surface area contributed by atoms with Gasteiger partial charge in [-0.1, -0.05) is 29.8 Å². The third-order valence-corrected chi connectivity index (χ3v) is 5.31. The quantitative estimate of drug-likeness (QED) is 0.721. The monoisotopic (exact) mass is 421 g/mol. The first-order valence-electron chi connectivity index (χ1n) is 7.60. The minimum atomic E-state index is -4.59. The zero-order valence-corrected chi connectivity index (χ0v) is 15.5. The number of benzene rings is 2. The molecule has 2 aromatic rings. The Hall–Kier alpha value is -2.10. The first-order chi connectivity index (χ1) is 12.5. The van der Waals surface area contributed by atoms with Crippen molar-refractivity contribution in [2.45, 2.75) is 30.6 Å². The summed E-state index contributed by atoms with van der Waals surface area (Å²) in [5, 5.41) is 0.338. The van der Waals surface area contributed by atoms with Crippen molar-refractivity contribution in [3.8, 4) is 0 Å². The topological polar surface area (TPSA) is 72.5 Å². The molecule has 0 aliphatic carbocycles. The van der Waals surface area contributed by atoms with Gasteiger partial charge in [-0.05, 0) is 37.3 Å². The van der Waals surface area contributed by atoms with E-state index in [4.69, 9.17) is 16.3 Å². The van der Waals surface area contributed by atoms with Crippen LogP contribution in [0.4, 0.5) is 13.2 Å². The Labute approximate surface area is 159 Å². The average Bonchev–Trinajstić information content (AvgIpc) is 2.59. The smallest absolute Gasteiger partial charge is 0.416 e. The van der Waals surface area contributed by atoms with Gasteiger partial charge in [0.15, 0.2) is 0 Å². The molecule has 1 atom stereocenters. The molecule has 1 N–H and O–H groups in total. The van der Waals surface area contributed by atoms with Gasteiger partial charge in [0.05, 0.1) is 10.5 Å². The van der Waals surface area contributed by atoms with Crippen LogP contribution in [0.5, 0.6) is 0 Å². The Morgan fingerprint density at radius 3 is 2.33 bits per heavy atom. The molecule has 27 heavy (non-hydrogen) atoms. The number of nitrogens with one attached hydrogen (secondary N) is 1. The van der Waals surface area contributed by atoms with Crippen LogP contribution in [0.2, 0.25) is 5.02 Å². The summed E-state index contributed by atoms with van der Waals surface area (Å²) in [6.07, 6.45) is -4.59. The molecule has 0 fully saturated rings. The van der Waals surface area contributed by atoms with E-state index in [0.717, 1.165) is 6.07 Å². The molecule has 2 aromatic carbocycles. The lowest BCUT2D eigenvalue weighted by molar-refractivity contribution is -0.149. The molecule has 0 spiro atoms. The fraction of sp³-hybridized carbons (Fsp3) is 0.235. The van der Waals surface area contributed by atoms with Gasteiger partial charge in [0.1, 0.15) is 12.6 Å². The molecule has 0 aliphatic rings. The van der Waals surface area contributed by atoms with Crippen molar-refractivity contribution in [2.24, 2.45) is 0 Å². The number of sulfonamides is 1. The maximum Gasteiger partial charge on any atom is 0.416 e.